The van der Waals surface area contributed by atoms with E-state index in [4.69, 9.17) is 4.74 Å². The second kappa shape index (κ2) is 10.0. The van der Waals surface area contributed by atoms with Crippen molar-refractivity contribution in [1.82, 2.24) is 13.7 Å². The van der Waals surface area contributed by atoms with Crippen LogP contribution in [0.5, 0.6) is 0 Å². The van der Waals surface area contributed by atoms with Crippen LogP contribution in [0.25, 0.3) is 22.5 Å². The molecule has 0 unspecified atom stereocenters. The number of carbonyl (C=O) groups is 1. The second-order valence-electron chi connectivity index (χ2n) is 6.16. The summed E-state index contributed by atoms with van der Waals surface area (Å²) >= 11 is 1.18. The van der Waals surface area contributed by atoms with Crippen LogP contribution in [-0.4, -0.2) is 26.8 Å². The normalized spacial score (nSPS) is 10.1. The van der Waals surface area contributed by atoms with E-state index in [1.807, 2.05) is 31.3 Å². The van der Waals surface area contributed by atoms with E-state index in [1.54, 1.807) is 12.1 Å². The fourth-order valence-corrected chi connectivity index (χ4v) is 3.27. The SMILES string of the molecule is COC(=O)c1cc(-c2ccc(C)cn2)cc(-c2nsnc2C(C)C)c1.[Cl-].[Li+]. The Bertz CT molecular complexity index is 914. The zero-order valence-electron chi connectivity index (χ0n) is 16.0. The van der Waals surface area contributed by atoms with Crippen LogP contribution in [0, 0.1) is 6.92 Å². The molecule has 0 radical (unpaired) electrons. The van der Waals surface area contributed by atoms with Gasteiger partial charge >= 0.3 is 24.8 Å². The number of ether oxygens (including phenoxy) is 1. The van der Waals surface area contributed by atoms with Crippen molar-refractivity contribution in [1.29, 1.82) is 0 Å². The molecule has 0 fully saturated rings. The van der Waals surface area contributed by atoms with Gasteiger partial charge in [-0.1, -0.05) is 19.9 Å². The zero-order valence-corrected chi connectivity index (χ0v) is 17.6. The van der Waals surface area contributed by atoms with Gasteiger partial charge in [-0.25, -0.2) is 4.79 Å². The Balaban J connectivity index is 0.00000182. The van der Waals surface area contributed by atoms with E-state index in [1.165, 1.54) is 18.8 Å². The van der Waals surface area contributed by atoms with Gasteiger partial charge in [-0.15, -0.1) is 0 Å². The number of pyridine rings is 1. The maximum absolute atomic E-state index is 12.1. The predicted octanol–water partition coefficient (Wildman–Crippen LogP) is -1.51. The van der Waals surface area contributed by atoms with Gasteiger partial charge < -0.3 is 17.1 Å². The summed E-state index contributed by atoms with van der Waals surface area (Å²) in [5, 5.41) is 0. The second-order valence-corrected chi connectivity index (χ2v) is 6.69. The van der Waals surface area contributed by atoms with E-state index < -0.39 is 0 Å². The maximum Gasteiger partial charge on any atom is 1.00 e. The van der Waals surface area contributed by atoms with E-state index in [9.17, 15) is 4.79 Å². The van der Waals surface area contributed by atoms with Crippen molar-refractivity contribution in [3.8, 4) is 22.5 Å². The summed E-state index contributed by atoms with van der Waals surface area (Å²) in [6, 6.07) is 9.52. The first-order chi connectivity index (χ1) is 12.0. The molecule has 8 heteroatoms. The van der Waals surface area contributed by atoms with Crippen molar-refractivity contribution in [3.63, 3.8) is 0 Å². The molecular weight excluding hydrogens is 377 g/mol. The van der Waals surface area contributed by atoms with Crippen LogP contribution in [0.2, 0.25) is 0 Å². The Morgan fingerprint density at radius 2 is 1.81 bits per heavy atom. The smallest absolute Gasteiger partial charge is 1.00 e. The molecule has 0 N–H and O–H groups in total. The number of nitrogens with zero attached hydrogens (tertiary/aromatic N) is 3. The van der Waals surface area contributed by atoms with Crippen LogP contribution in [0.3, 0.4) is 0 Å². The zero-order chi connectivity index (χ0) is 18.0. The first-order valence-corrected chi connectivity index (χ1v) is 8.72. The van der Waals surface area contributed by atoms with Crippen molar-refractivity contribution >= 4 is 17.7 Å². The van der Waals surface area contributed by atoms with Crippen molar-refractivity contribution in [2.45, 2.75) is 26.7 Å². The molecule has 5 nitrogen and oxygen atoms in total. The first-order valence-electron chi connectivity index (χ1n) is 7.99. The summed E-state index contributed by atoms with van der Waals surface area (Å²) in [5.74, 6) is -0.138. The Labute approximate surface area is 181 Å². The van der Waals surface area contributed by atoms with Gasteiger partial charge in [0, 0.05) is 17.3 Å². The average Bonchev–Trinajstić information content (AvgIpc) is 3.11. The largest absolute Gasteiger partial charge is 1.00 e. The summed E-state index contributed by atoms with van der Waals surface area (Å²) in [6.07, 6.45) is 1.81. The number of hydrogen-bond donors (Lipinski definition) is 0. The molecule has 27 heavy (non-hydrogen) atoms. The number of aromatic nitrogens is 3. The molecule has 2 heterocycles. The van der Waals surface area contributed by atoms with Crippen LogP contribution in [0.15, 0.2) is 36.5 Å². The number of carbonyl (C=O) groups excluding carboxylic acids is 1. The van der Waals surface area contributed by atoms with E-state index in [-0.39, 0.29) is 43.2 Å². The fraction of sp³-hybridized carbons (Fsp3) is 0.263. The summed E-state index contributed by atoms with van der Waals surface area (Å²) in [6.45, 7) is 6.14. The van der Waals surface area contributed by atoms with Crippen molar-refractivity contribution in [2.75, 3.05) is 7.11 Å². The molecule has 1 aromatic carbocycles. The van der Waals surface area contributed by atoms with Gasteiger partial charge in [0.1, 0.15) is 5.69 Å². The Morgan fingerprint density at radius 1 is 1.11 bits per heavy atom. The Hall–Kier alpha value is -1.71. The number of hydrogen-bond acceptors (Lipinski definition) is 6. The fourth-order valence-electron chi connectivity index (χ4n) is 2.56. The molecule has 0 spiro atoms. The molecule has 0 saturated heterocycles. The third-order valence-electron chi connectivity index (χ3n) is 3.90. The van der Waals surface area contributed by atoms with Crippen LogP contribution >= 0.6 is 11.7 Å². The Kier molecular flexibility index (Phi) is 8.64. The Morgan fingerprint density at radius 3 is 2.41 bits per heavy atom. The first kappa shape index (κ1) is 23.3. The van der Waals surface area contributed by atoms with Crippen molar-refractivity contribution in [2.24, 2.45) is 0 Å². The molecule has 0 aliphatic carbocycles. The third-order valence-corrected chi connectivity index (χ3v) is 4.44. The van der Waals surface area contributed by atoms with Gasteiger partial charge in [-0.2, -0.15) is 8.75 Å². The molecule has 0 saturated carbocycles. The monoisotopic (exact) mass is 395 g/mol. The van der Waals surface area contributed by atoms with E-state index >= 15 is 0 Å². The quantitative estimate of drug-likeness (QED) is 0.397. The summed E-state index contributed by atoms with van der Waals surface area (Å²) < 4.78 is 13.7. The number of rotatable bonds is 4. The number of esters is 1. The number of benzene rings is 1. The molecule has 3 rings (SSSR count). The van der Waals surface area contributed by atoms with Gasteiger partial charge in [0.25, 0.3) is 0 Å². The molecule has 2 aromatic heterocycles. The van der Waals surface area contributed by atoms with Crippen molar-refractivity contribution < 1.29 is 40.8 Å². The van der Waals surface area contributed by atoms with Gasteiger partial charge in [0.15, 0.2) is 0 Å². The van der Waals surface area contributed by atoms with Gasteiger partial charge in [-0.05, 0) is 42.7 Å². The maximum atomic E-state index is 12.1. The molecule has 136 valence electrons. The molecule has 0 amide bonds. The average molecular weight is 396 g/mol. The standard InChI is InChI=1S/C19H19N3O2S.ClH.Li/c1-11(2)17-18(22-25-21-17)14-7-13(8-15(9-14)19(23)24-4)16-6-5-12(3)10-20-16;;/h5-11H,1-4H3;1H;/q;;+1/p-1. The molecular formula is C19H19ClLiN3O2S. The van der Waals surface area contributed by atoms with E-state index in [0.717, 1.165) is 33.8 Å². The number of methoxy groups -OCH3 is 1. The third kappa shape index (κ3) is 5.17. The van der Waals surface area contributed by atoms with Gasteiger partial charge in [-0.3, -0.25) is 4.98 Å². The minimum atomic E-state index is -0.385. The van der Waals surface area contributed by atoms with Crippen LogP contribution in [0.1, 0.15) is 41.4 Å². The van der Waals surface area contributed by atoms with E-state index in [0.29, 0.717) is 5.56 Å². The molecule has 0 aliphatic rings. The molecule has 0 atom stereocenters. The summed E-state index contributed by atoms with van der Waals surface area (Å²) in [5.41, 5.74) is 5.78. The van der Waals surface area contributed by atoms with Crippen LogP contribution in [0.4, 0.5) is 0 Å². The summed E-state index contributed by atoms with van der Waals surface area (Å²) in [4.78, 5) is 16.6. The minimum absolute atomic E-state index is 0. The number of halogens is 1. The van der Waals surface area contributed by atoms with Gasteiger partial charge in [0.2, 0.25) is 0 Å². The van der Waals surface area contributed by atoms with Crippen LogP contribution < -0.4 is 31.3 Å². The minimum Gasteiger partial charge on any atom is -1.00 e. The topological polar surface area (TPSA) is 65.0 Å². The molecule has 3 aromatic rings. The van der Waals surface area contributed by atoms with Crippen LogP contribution in [-0.2, 0) is 4.74 Å². The predicted molar refractivity (Wildman–Crippen MR) is 98.7 cm³/mol. The number of aryl methyl sites for hydroxylation is 1. The summed E-state index contributed by atoms with van der Waals surface area (Å²) in [7, 11) is 1.38. The molecule has 0 bridgehead atoms. The van der Waals surface area contributed by atoms with E-state index in [2.05, 4.69) is 27.6 Å². The molecule has 0 aliphatic heterocycles. The van der Waals surface area contributed by atoms with Crippen molar-refractivity contribution in [3.05, 3.63) is 53.3 Å². The van der Waals surface area contributed by atoms with Gasteiger partial charge in [0.05, 0.1) is 35.8 Å².